The van der Waals surface area contributed by atoms with Gasteiger partial charge in [0.25, 0.3) is 0 Å². The Balaban J connectivity index is 3.76. The molecule has 0 aliphatic rings. The smallest absolute Gasteiger partial charge is 0.00804 e. The van der Waals surface area contributed by atoms with E-state index in [0.29, 0.717) is 0 Å². The van der Waals surface area contributed by atoms with Crippen molar-refractivity contribution in [2.75, 3.05) is 0 Å². The standard InChI is InChI=1S/C7H11Br/c1-6(2)4-5-7(3)8/h4-5H,1-3H3/b7-5+. The topological polar surface area (TPSA) is 0 Å². The molecule has 0 aromatic heterocycles. The second-order valence-corrected chi connectivity index (χ2v) is 3.25. The molecule has 0 saturated carbocycles. The predicted octanol–water partition coefficient (Wildman–Crippen LogP) is 3.25. The first-order valence-electron chi connectivity index (χ1n) is 2.60. The monoisotopic (exact) mass is 174 g/mol. The summed E-state index contributed by atoms with van der Waals surface area (Å²) in [4.78, 5) is 0. The third kappa shape index (κ3) is 5.96. The molecule has 1 heteroatoms. The molecule has 0 aliphatic carbocycles. The van der Waals surface area contributed by atoms with Crippen LogP contribution < -0.4 is 0 Å². The summed E-state index contributed by atoms with van der Waals surface area (Å²) < 4.78 is 1.17. The molecule has 0 saturated heterocycles. The van der Waals surface area contributed by atoms with Gasteiger partial charge in [-0.15, -0.1) is 0 Å². The van der Waals surface area contributed by atoms with Crippen molar-refractivity contribution in [2.24, 2.45) is 0 Å². The van der Waals surface area contributed by atoms with E-state index in [-0.39, 0.29) is 0 Å². The maximum absolute atomic E-state index is 3.32. The van der Waals surface area contributed by atoms with E-state index in [0.717, 1.165) is 0 Å². The molecule has 0 atom stereocenters. The van der Waals surface area contributed by atoms with Gasteiger partial charge in [0, 0.05) is 0 Å². The maximum Gasteiger partial charge on any atom is -0.00804 e. The van der Waals surface area contributed by atoms with Gasteiger partial charge < -0.3 is 0 Å². The van der Waals surface area contributed by atoms with Crippen LogP contribution in [0.5, 0.6) is 0 Å². The SMILES string of the molecule is CC(C)=C/C=C(\C)Br. The highest BCUT2D eigenvalue weighted by Gasteiger charge is 1.73. The van der Waals surface area contributed by atoms with Crippen LogP contribution >= 0.6 is 15.9 Å². The molecule has 0 radical (unpaired) electrons. The Kier molecular flexibility index (Phi) is 3.88. The van der Waals surface area contributed by atoms with E-state index in [1.807, 2.05) is 13.0 Å². The summed E-state index contributed by atoms with van der Waals surface area (Å²) in [5.41, 5.74) is 1.32. The van der Waals surface area contributed by atoms with Crippen molar-refractivity contribution in [3.8, 4) is 0 Å². The van der Waals surface area contributed by atoms with Crippen LogP contribution in [-0.4, -0.2) is 0 Å². The van der Waals surface area contributed by atoms with Gasteiger partial charge in [0.2, 0.25) is 0 Å². The third-order valence-electron chi connectivity index (χ3n) is 0.646. The minimum absolute atomic E-state index is 1.17. The van der Waals surface area contributed by atoms with E-state index in [1.54, 1.807) is 0 Å². The lowest BCUT2D eigenvalue weighted by Gasteiger charge is -1.82. The van der Waals surface area contributed by atoms with Crippen molar-refractivity contribution < 1.29 is 0 Å². The molecule has 0 heterocycles. The Morgan fingerprint density at radius 2 is 1.62 bits per heavy atom. The predicted molar refractivity (Wildman–Crippen MR) is 42.1 cm³/mol. The molecular formula is C7H11Br. The average Bonchev–Trinajstić information content (AvgIpc) is 1.61. The Morgan fingerprint density at radius 3 is 1.75 bits per heavy atom. The highest BCUT2D eigenvalue weighted by Crippen LogP contribution is 2.02. The second-order valence-electron chi connectivity index (χ2n) is 2.00. The summed E-state index contributed by atoms with van der Waals surface area (Å²) in [6.07, 6.45) is 4.11. The Morgan fingerprint density at radius 1 is 1.12 bits per heavy atom. The molecule has 0 N–H and O–H groups in total. The zero-order chi connectivity index (χ0) is 6.57. The van der Waals surface area contributed by atoms with Crippen LogP contribution in [0.2, 0.25) is 0 Å². The first-order chi connectivity index (χ1) is 3.63. The zero-order valence-corrected chi connectivity index (χ0v) is 7.12. The molecule has 8 heavy (non-hydrogen) atoms. The van der Waals surface area contributed by atoms with Crippen LogP contribution in [0.1, 0.15) is 20.8 Å². The summed E-state index contributed by atoms with van der Waals surface area (Å²) in [7, 11) is 0. The lowest BCUT2D eigenvalue weighted by atomic mass is 10.3. The molecule has 0 unspecified atom stereocenters. The summed E-state index contributed by atoms with van der Waals surface area (Å²) >= 11 is 3.32. The molecule has 0 fully saturated rings. The number of rotatable bonds is 1. The van der Waals surface area contributed by atoms with Crippen molar-refractivity contribution in [3.63, 3.8) is 0 Å². The number of halogens is 1. The van der Waals surface area contributed by atoms with E-state index in [2.05, 4.69) is 35.9 Å². The van der Waals surface area contributed by atoms with Crippen molar-refractivity contribution in [3.05, 3.63) is 22.2 Å². The lowest BCUT2D eigenvalue weighted by Crippen LogP contribution is -1.59. The fourth-order valence-corrected chi connectivity index (χ4v) is 0.414. The van der Waals surface area contributed by atoms with Gasteiger partial charge in [0.15, 0.2) is 0 Å². The Bertz CT molecular complexity index is 96.3. The van der Waals surface area contributed by atoms with Gasteiger partial charge in [-0.1, -0.05) is 33.7 Å². The number of hydrogen-bond donors (Lipinski definition) is 0. The van der Waals surface area contributed by atoms with Gasteiger partial charge in [-0.2, -0.15) is 0 Å². The van der Waals surface area contributed by atoms with E-state index >= 15 is 0 Å². The largest absolute Gasteiger partial charge is 0.0764 e. The van der Waals surface area contributed by atoms with Gasteiger partial charge in [-0.3, -0.25) is 0 Å². The Labute approximate surface area is 59.4 Å². The molecular weight excluding hydrogens is 164 g/mol. The van der Waals surface area contributed by atoms with Crippen LogP contribution in [0.25, 0.3) is 0 Å². The number of allylic oxidation sites excluding steroid dienone is 4. The first kappa shape index (κ1) is 7.96. The maximum atomic E-state index is 3.32. The summed E-state index contributed by atoms with van der Waals surface area (Å²) in [5, 5.41) is 0. The van der Waals surface area contributed by atoms with Crippen LogP contribution in [-0.2, 0) is 0 Å². The minimum Gasteiger partial charge on any atom is -0.0764 e. The van der Waals surface area contributed by atoms with Gasteiger partial charge in [-0.25, -0.2) is 0 Å². The van der Waals surface area contributed by atoms with E-state index in [9.17, 15) is 0 Å². The lowest BCUT2D eigenvalue weighted by molar-refractivity contribution is 1.39. The highest BCUT2D eigenvalue weighted by molar-refractivity contribution is 9.11. The fraction of sp³-hybridized carbons (Fsp3) is 0.429. The first-order valence-corrected chi connectivity index (χ1v) is 3.39. The third-order valence-corrected chi connectivity index (χ3v) is 0.911. The second kappa shape index (κ2) is 3.90. The van der Waals surface area contributed by atoms with Crippen LogP contribution in [0.3, 0.4) is 0 Å². The van der Waals surface area contributed by atoms with E-state index in [4.69, 9.17) is 0 Å². The van der Waals surface area contributed by atoms with Crippen LogP contribution in [0.4, 0.5) is 0 Å². The van der Waals surface area contributed by atoms with Gasteiger partial charge in [-0.05, 0) is 25.3 Å². The minimum atomic E-state index is 1.17. The molecule has 0 rings (SSSR count). The van der Waals surface area contributed by atoms with Crippen molar-refractivity contribution in [1.82, 2.24) is 0 Å². The summed E-state index contributed by atoms with van der Waals surface area (Å²) in [6, 6.07) is 0. The van der Waals surface area contributed by atoms with Gasteiger partial charge in [0.05, 0.1) is 0 Å². The van der Waals surface area contributed by atoms with Gasteiger partial charge >= 0.3 is 0 Å². The van der Waals surface area contributed by atoms with Crippen molar-refractivity contribution in [2.45, 2.75) is 20.8 Å². The Hall–Kier alpha value is -0.0400. The van der Waals surface area contributed by atoms with E-state index in [1.165, 1.54) is 10.1 Å². The summed E-state index contributed by atoms with van der Waals surface area (Å²) in [6.45, 7) is 6.16. The van der Waals surface area contributed by atoms with Crippen molar-refractivity contribution >= 4 is 15.9 Å². The van der Waals surface area contributed by atoms with Gasteiger partial charge in [0.1, 0.15) is 0 Å². The fourth-order valence-electron chi connectivity index (χ4n) is 0.281. The van der Waals surface area contributed by atoms with Crippen molar-refractivity contribution in [1.29, 1.82) is 0 Å². The van der Waals surface area contributed by atoms with Crippen LogP contribution in [0, 0.1) is 0 Å². The molecule has 0 nitrogen and oxygen atoms in total. The number of hydrogen-bond acceptors (Lipinski definition) is 0. The average molecular weight is 175 g/mol. The molecule has 0 amide bonds. The quantitative estimate of drug-likeness (QED) is 0.536. The summed E-state index contributed by atoms with van der Waals surface area (Å²) in [5.74, 6) is 0. The molecule has 46 valence electrons. The van der Waals surface area contributed by atoms with E-state index < -0.39 is 0 Å². The molecule has 0 spiro atoms. The van der Waals surface area contributed by atoms with Crippen LogP contribution in [0.15, 0.2) is 22.2 Å². The molecule has 0 aromatic carbocycles. The highest BCUT2D eigenvalue weighted by atomic mass is 79.9. The molecule has 0 bridgehead atoms. The normalized spacial score (nSPS) is 11.2. The molecule has 0 aliphatic heterocycles. The zero-order valence-electron chi connectivity index (χ0n) is 5.53. The molecule has 0 aromatic rings.